The molecule has 2 rings (SSSR count). The minimum Gasteiger partial charge on any atom is -0.497 e. The van der Waals surface area contributed by atoms with Crippen molar-refractivity contribution in [2.45, 2.75) is 58.3 Å². The van der Waals surface area contributed by atoms with Crippen LogP contribution in [0.25, 0.3) is 0 Å². The van der Waals surface area contributed by atoms with Crippen LogP contribution in [-0.4, -0.2) is 17.7 Å². The molecule has 0 aromatic rings. The van der Waals surface area contributed by atoms with Crippen molar-refractivity contribution >= 4 is 5.97 Å². The van der Waals surface area contributed by atoms with Gasteiger partial charge in [-0.2, -0.15) is 0 Å². The summed E-state index contributed by atoms with van der Waals surface area (Å²) in [6.07, 6.45) is 8.96. The Hall–Kier alpha value is -0.990. The van der Waals surface area contributed by atoms with Crippen molar-refractivity contribution in [2.75, 3.05) is 6.61 Å². The molecule has 102 valence electrons. The fraction of sp³-hybridized carbons (Fsp3) is 0.800. The molecule has 2 aliphatic rings. The second-order valence-corrected chi connectivity index (χ2v) is 5.48. The SMILES string of the molecule is CCOC(=C(C(=O)O)C1CCCC1)C1CCCC1. The van der Waals surface area contributed by atoms with Gasteiger partial charge in [0.05, 0.1) is 12.2 Å². The summed E-state index contributed by atoms with van der Waals surface area (Å²) in [6.45, 7) is 2.53. The highest BCUT2D eigenvalue weighted by molar-refractivity contribution is 5.88. The molecule has 0 aromatic carbocycles. The minimum atomic E-state index is -0.753. The third-order valence-corrected chi connectivity index (χ3v) is 4.29. The molecule has 1 N–H and O–H groups in total. The summed E-state index contributed by atoms with van der Waals surface area (Å²) in [5.41, 5.74) is 0.598. The lowest BCUT2D eigenvalue weighted by atomic mass is 9.91. The topological polar surface area (TPSA) is 46.5 Å². The van der Waals surface area contributed by atoms with E-state index in [1.807, 2.05) is 6.92 Å². The summed E-state index contributed by atoms with van der Waals surface area (Å²) in [5, 5.41) is 9.55. The quantitative estimate of drug-likeness (QED) is 0.599. The first-order valence-corrected chi connectivity index (χ1v) is 7.34. The van der Waals surface area contributed by atoms with E-state index in [-0.39, 0.29) is 5.92 Å². The summed E-state index contributed by atoms with van der Waals surface area (Å²) < 4.78 is 5.76. The Kier molecular flexibility index (Phi) is 4.67. The Labute approximate surface area is 109 Å². The smallest absolute Gasteiger partial charge is 0.335 e. The van der Waals surface area contributed by atoms with Gasteiger partial charge in [0.1, 0.15) is 5.76 Å². The minimum absolute atomic E-state index is 0.227. The first-order chi connectivity index (χ1) is 8.74. The molecule has 0 atom stereocenters. The molecule has 0 spiro atoms. The van der Waals surface area contributed by atoms with E-state index in [0.717, 1.165) is 44.3 Å². The van der Waals surface area contributed by atoms with Gasteiger partial charge in [0.15, 0.2) is 0 Å². The molecule has 0 saturated heterocycles. The Bertz CT molecular complexity index is 321. The second kappa shape index (κ2) is 6.26. The van der Waals surface area contributed by atoms with Gasteiger partial charge in [-0.3, -0.25) is 0 Å². The molecule has 2 fully saturated rings. The number of ether oxygens (including phenoxy) is 1. The highest BCUT2D eigenvalue weighted by Crippen LogP contribution is 2.39. The average Bonchev–Trinajstić information content (AvgIpc) is 3.01. The Morgan fingerprint density at radius 3 is 2.00 bits per heavy atom. The van der Waals surface area contributed by atoms with Gasteiger partial charge < -0.3 is 9.84 Å². The number of carboxylic acid groups (broad SMARTS) is 1. The molecule has 2 saturated carbocycles. The number of carboxylic acids is 1. The number of hydrogen-bond donors (Lipinski definition) is 1. The lowest BCUT2D eigenvalue weighted by Gasteiger charge is -2.21. The summed E-state index contributed by atoms with van der Waals surface area (Å²) in [6, 6.07) is 0. The van der Waals surface area contributed by atoms with Crippen LogP contribution in [0.4, 0.5) is 0 Å². The van der Waals surface area contributed by atoms with E-state index in [0.29, 0.717) is 18.1 Å². The zero-order chi connectivity index (χ0) is 13.0. The summed E-state index contributed by atoms with van der Waals surface area (Å²) in [4.78, 5) is 11.6. The molecule has 18 heavy (non-hydrogen) atoms. The molecular weight excluding hydrogens is 228 g/mol. The van der Waals surface area contributed by atoms with Crippen molar-refractivity contribution in [1.29, 1.82) is 0 Å². The molecule has 0 aliphatic heterocycles. The third kappa shape index (κ3) is 2.88. The van der Waals surface area contributed by atoms with Gasteiger partial charge in [0.25, 0.3) is 0 Å². The third-order valence-electron chi connectivity index (χ3n) is 4.29. The van der Waals surface area contributed by atoms with Crippen LogP contribution in [0.15, 0.2) is 11.3 Å². The van der Waals surface area contributed by atoms with E-state index < -0.39 is 5.97 Å². The first kappa shape index (κ1) is 13.4. The van der Waals surface area contributed by atoms with Crippen LogP contribution in [0.3, 0.4) is 0 Å². The maximum atomic E-state index is 11.6. The predicted molar refractivity (Wildman–Crippen MR) is 70.2 cm³/mol. The van der Waals surface area contributed by atoms with E-state index >= 15 is 0 Å². The van der Waals surface area contributed by atoms with Gasteiger partial charge in [-0.25, -0.2) is 4.79 Å². The Morgan fingerprint density at radius 2 is 1.56 bits per heavy atom. The van der Waals surface area contributed by atoms with E-state index in [1.54, 1.807) is 0 Å². The van der Waals surface area contributed by atoms with Crippen LogP contribution in [0.2, 0.25) is 0 Å². The summed E-state index contributed by atoms with van der Waals surface area (Å²) in [5.74, 6) is 0.646. The normalized spacial score (nSPS) is 23.2. The first-order valence-electron chi connectivity index (χ1n) is 7.34. The average molecular weight is 252 g/mol. The van der Waals surface area contributed by atoms with Crippen LogP contribution in [-0.2, 0) is 9.53 Å². The van der Waals surface area contributed by atoms with Crippen LogP contribution in [0, 0.1) is 11.8 Å². The molecule has 3 heteroatoms. The van der Waals surface area contributed by atoms with E-state index in [1.165, 1.54) is 12.8 Å². The van der Waals surface area contributed by atoms with Crippen LogP contribution >= 0.6 is 0 Å². The molecule has 0 aromatic heterocycles. The van der Waals surface area contributed by atoms with Gasteiger partial charge >= 0.3 is 5.97 Å². The maximum Gasteiger partial charge on any atom is 0.335 e. The number of hydrogen-bond acceptors (Lipinski definition) is 2. The fourth-order valence-electron chi connectivity index (χ4n) is 3.45. The van der Waals surface area contributed by atoms with Crippen LogP contribution in [0.1, 0.15) is 58.3 Å². The zero-order valence-electron chi connectivity index (χ0n) is 11.3. The molecule has 0 amide bonds. The van der Waals surface area contributed by atoms with Crippen molar-refractivity contribution in [3.05, 3.63) is 11.3 Å². The lowest BCUT2D eigenvalue weighted by Crippen LogP contribution is -2.18. The lowest BCUT2D eigenvalue weighted by molar-refractivity contribution is -0.133. The van der Waals surface area contributed by atoms with Gasteiger partial charge in [-0.15, -0.1) is 0 Å². The molecule has 3 nitrogen and oxygen atoms in total. The molecule has 0 bridgehead atoms. The number of aliphatic carboxylic acids is 1. The summed E-state index contributed by atoms with van der Waals surface area (Å²) >= 11 is 0. The Morgan fingerprint density at radius 1 is 1.06 bits per heavy atom. The van der Waals surface area contributed by atoms with Crippen LogP contribution in [0.5, 0.6) is 0 Å². The van der Waals surface area contributed by atoms with Gasteiger partial charge in [0, 0.05) is 5.92 Å². The van der Waals surface area contributed by atoms with Crippen molar-refractivity contribution in [1.82, 2.24) is 0 Å². The zero-order valence-corrected chi connectivity index (χ0v) is 11.3. The molecule has 2 aliphatic carbocycles. The van der Waals surface area contributed by atoms with Crippen molar-refractivity contribution in [2.24, 2.45) is 11.8 Å². The van der Waals surface area contributed by atoms with Crippen molar-refractivity contribution in [3.8, 4) is 0 Å². The predicted octanol–water partition coefficient (Wildman–Crippen LogP) is 3.74. The fourth-order valence-corrected chi connectivity index (χ4v) is 3.45. The summed E-state index contributed by atoms with van der Waals surface area (Å²) in [7, 11) is 0. The molecule has 0 unspecified atom stereocenters. The van der Waals surface area contributed by atoms with Crippen molar-refractivity contribution < 1.29 is 14.6 Å². The van der Waals surface area contributed by atoms with E-state index in [9.17, 15) is 9.90 Å². The highest BCUT2D eigenvalue weighted by atomic mass is 16.5. The molecule has 0 heterocycles. The molecular formula is C15H24O3. The molecule has 0 radical (unpaired) electrons. The van der Waals surface area contributed by atoms with Gasteiger partial charge in [-0.05, 0) is 38.5 Å². The highest BCUT2D eigenvalue weighted by Gasteiger charge is 2.32. The largest absolute Gasteiger partial charge is 0.497 e. The van der Waals surface area contributed by atoms with Gasteiger partial charge in [0.2, 0.25) is 0 Å². The van der Waals surface area contributed by atoms with Crippen molar-refractivity contribution in [3.63, 3.8) is 0 Å². The number of carbonyl (C=O) groups is 1. The maximum absolute atomic E-state index is 11.6. The van der Waals surface area contributed by atoms with E-state index in [2.05, 4.69) is 0 Å². The van der Waals surface area contributed by atoms with Gasteiger partial charge in [-0.1, -0.05) is 25.7 Å². The van der Waals surface area contributed by atoms with Crippen LogP contribution < -0.4 is 0 Å². The number of allylic oxidation sites excluding steroid dienone is 1. The van der Waals surface area contributed by atoms with E-state index in [4.69, 9.17) is 4.74 Å². The monoisotopic (exact) mass is 252 g/mol. The number of rotatable bonds is 5. The second-order valence-electron chi connectivity index (χ2n) is 5.48. The Balaban J connectivity index is 2.28. The standard InChI is InChI=1S/C15H24O3/c1-2-18-14(12-9-5-6-10-12)13(15(16)17)11-7-3-4-8-11/h11-12H,2-10H2,1H3,(H,16,17).